The Morgan fingerprint density at radius 2 is 2.42 bits per heavy atom. The lowest BCUT2D eigenvalue weighted by molar-refractivity contribution is 0.209. The number of hydrogen-bond acceptors (Lipinski definition) is 4. The second-order valence-electron chi connectivity index (χ2n) is 3.39. The van der Waals surface area contributed by atoms with E-state index < -0.39 is 0 Å². The van der Waals surface area contributed by atoms with Crippen molar-refractivity contribution in [2.45, 2.75) is 18.9 Å². The fraction of sp³-hybridized carbons (Fsp3) is 0.875. The Balaban J connectivity index is 1.98. The predicted octanol–water partition coefficient (Wildman–Crippen LogP) is 1.03. The highest BCUT2D eigenvalue weighted by molar-refractivity contribution is 7.99. The number of oxime groups is 1. The third-order valence-electron chi connectivity index (χ3n) is 2.65. The quantitative estimate of drug-likeness (QED) is 0.453. The highest BCUT2D eigenvalue weighted by atomic mass is 32.2. The Hall–Kier alpha value is -0.220. The van der Waals surface area contributed by atoms with Gasteiger partial charge >= 0.3 is 0 Å². The SMILES string of the molecule is ON=C1CCN2CCSCC2C1. The largest absolute Gasteiger partial charge is 0.411 e. The Labute approximate surface area is 76.8 Å². The van der Waals surface area contributed by atoms with Gasteiger partial charge in [-0.1, -0.05) is 5.16 Å². The van der Waals surface area contributed by atoms with Crippen molar-refractivity contribution >= 4 is 17.5 Å². The minimum absolute atomic E-state index is 0.642. The van der Waals surface area contributed by atoms with Crippen LogP contribution < -0.4 is 0 Å². The summed E-state index contributed by atoms with van der Waals surface area (Å²) >= 11 is 2.01. The van der Waals surface area contributed by atoms with E-state index in [1.807, 2.05) is 11.8 Å². The smallest absolute Gasteiger partial charge is 0.0599 e. The summed E-state index contributed by atoms with van der Waals surface area (Å²) in [6, 6.07) is 0.642. The second-order valence-corrected chi connectivity index (χ2v) is 4.53. The molecule has 68 valence electrons. The molecule has 0 saturated carbocycles. The molecule has 1 N–H and O–H groups in total. The minimum Gasteiger partial charge on any atom is -0.411 e. The van der Waals surface area contributed by atoms with Crippen LogP contribution in [0.4, 0.5) is 0 Å². The van der Waals surface area contributed by atoms with Gasteiger partial charge in [-0.25, -0.2) is 0 Å². The van der Waals surface area contributed by atoms with Gasteiger partial charge in [0.05, 0.1) is 5.71 Å². The molecule has 0 bridgehead atoms. The Morgan fingerprint density at radius 1 is 1.50 bits per heavy atom. The Bertz CT molecular complexity index is 195. The predicted molar refractivity (Wildman–Crippen MR) is 51.1 cm³/mol. The first kappa shape index (κ1) is 8.38. The molecule has 3 nitrogen and oxygen atoms in total. The monoisotopic (exact) mass is 186 g/mol. The number of piperidine rings is 1. The molecular weight excluding hydrogens is 172 g/mol. The fourth-order valence-electron chi connectivity index (χ4n) is 1.91. The van der Waals surface area contributed by atoms with Crippen LogP contribution >= 0.6 is 11.8 Å². The van der Waals surface area contributed by atoms with Crippen molar-refractivity contribution in [2.75, 3.05) is 24.6 Å². The zero-order valence-corrected chi connectivity index (χ0v) is 7.89. The van der Waals surface area contributed by atoms with E-state index in [0.29, 0.717) is 6.04 Å². The van der Waals surface area contributed by atoms with Gasteiger partial charge in [-0.15, -0.1) is 0 Å². The molecular formula is C8H14N2OS. The molecule has 12 heavy (non-hydrogen) atoms. The minimum atomic E-state index is 0.642. The highest BCUT2D eigenvalue weighted by Crippen LogP contribution is 2.23. The number of rotatable bonds is 0. The van der Waals surface area contributed by atoms with Crippen molar-refractivity contribution in [1.82, 2.24) is 4.90 Å². The number of thioether (sulfide) groups is 1. The van der Waals surface area contributed by atoms with E-state index in [0.717, 1.165) is 25.1 Å². The molecule has 0 aromatic heterocycles. The van der Waals surface area contributed by atoms with Crippen LogP contribution in [-0.4, -0.2) is 46.5 Å². The maximum atomic E-state index is 8.64. The van der Waals surface area contributed by atoms with Crippen LogP contribution in [0.5, 0.6) is 0 Å². The van der Waals surface area contributed by atoms with E-state index in [1.165, 1.54) is 18.1 Å². The second kappa shape index (κ2) is 3.66. The van der Waals surface area contributed by atoms with Crippen molar-refractivity contribution in [2.24, 2.45) is 5.16 Å². The van der Waals surface area contributed by atoms with Crippen molar-refractivity contribution in [3.8, 4) is 0 Å². The van der Waals surface area contributed by atoms with Gasteiger partial charge in [-0.3, -0.25) is 4.90 Å². The average Bonchev–Trinajstić information content (AvgIpc) is 2.17. The van der Waals surface area contributed by atoms with Gasteiger partial charge < -0.3 is 5.21 Å². The van der Waals surface area contributed by atoms with Gasteiger partial charge in [0, 0.05) is 43.5 Å². The number of hydrogen-bond donors (Lipinski definition) is 1. The van der Waals surface area contributed by atoms with E-state index in [9.17, 15) is 0 Å². The summed E-state index contributed by atoms with van der Waals surface area (Å²) in [5, 5.41) is 12.0. The van der Waals surface area contributed by atoms with E-state index in [-0.39, 0.29) is 0 Å². The van der Waals surface area contributed by atoms with Gasteiger partial charge in [0.15, 0.2) is 0 Å². The molecule has 0 aromatic rings. The molecule has 2 aliphatic heterocycles. The van der Waals surface area contributed by atoms with Crippen molar-refractivity contribution in [3.63, 3.8) is 0 Å². The van der Waals surface area contributed by atoms with Crippen LogP contribution in [0.3, 0.4) is 0 Å². The van der Waals surface area contributed by atoms with Gasteiger partial charge in [0.1, 0.15) is 0 Å². The lowest BCUT2D eigenvalue weighted by Crippen LogP contribution is -2.47. The third kappa shape index (κ3) is 1.59. The Morgan fingerprint density at radius 3 is 3.25 bits per heavy atom. The molecule has 4 heteroatoms. The first-order chi connectivity index (χ1) is 5.90. The van der Waals surface area contributed by atoms with Gasteiger partial charge in [-0.2, -0.15) is 11.8 Å². The molecule has 2 fully saturated rings. The topological polar surface area (TPSA) is 35.8 Å². The lowest BCUT2D eigenvalue weighted by Gasteiger charge is -2.38. The van der Waals surface area contributed by atoms with Crippen molar-refractivity contribution in [1.29, 1.82) is 0 Å². The van der Waals surface area contributed by atoms with Crippen LogP contribution in [0.1, 0.15) is 12.8 Å². The zero-order valence-electron chi connectivity index (χ0n) is 7.07. The van der Waals surface area contributed by atoms with Crippen molar-refractivity contribution < 1.29 is 5.21 Å². The van der Waals surface area contributed by atoms with Gasteiger partial charge in [-0.05, 0) is 0 Å². The van der Waals surface area contributed by atoms with E-state index in [2.05, 4.69) is 10.1 Å². The summed E-state index contributed by atoms with van der Waals surface area (Å²) in [6.07, 6.45) is 1.93. The molecule has 2 aliphatic rings. The highest BCUT2D eigenvalue weighted by Gasteiger charge is 2.28. The van der Waals surface area contributed by atoms with E-state index >= 15 is 0 Å². The summed E-state index contributed by atoms with van der Waals surface area (Å²) in [4.78, 5) is 2.52. The summed E-state index contributed by atoms with van der Waals surface area (Å²) in [5.41, 5.74) is 0.985. The zero-order chi connectivity index (χ0) is 8.39. The first-order valence-electron chi connectivity index (χ1n) is 4.42. The average molecular weight is 186 g/mol. The molecule has 0 aromatic carbocycles. The van der Waals surface area contributed by atoms with Crippen LogP contribution in [0.15, 0.2) is 5.16 Å². The normalized spacial score (nSPS) is 35.0. The molecule has 2 rings (SSSR count). The van der Waals surface area contributed by atoms with E-state index in [4.69, 9.17) is 5.21 Å². The third-order valence-corrected chi connectivity index (χ3v) is 3.74. The molecule has 0 aliphatic carbocycles. The molecule has 0 amide bonds. The maximum Gasteiger partial charge on any atom is 0.0599 e. The standard InChI is InChI=1S/C8H14N2OS/c11-9-7-1-2-10-3-4-12-6-8(10)5-7/h8,11H,1-6H2. The Kier molecular flexibility index (Phi) is 2.56. The summed E-state index contributed by atoms with van der Waals surface area (Å²) < 4.78 is 0. The number of fused-ring (bicyclic) bond motifs is 1. The molecule has 2 heterocycles. The lowest BCUT2D eigenvalue weighted by atomic mass is 10.0. The molecule has 1 atom stereocenters. The van der Waals surface area contributed by atoms with Crippen molar-refractivity contribution in [3.05, 3.63) is 0 Å². The first-order valence-corrected chi connectivity index (χ1v) is 5.57. The fourth-order valence-corrected chi connectivity index (χ4v) is 3.04. The van der Waals surface area contributed by atoms with Gasteiger partial charge in [0.25, 0.3) is 0 Å². The number of nitrogens with zero attached hydrogens (tertiary/aromatic N) is 2. The molecule has 2 saturated heterocycles. The van der Waals surface area contributed by atoms with Crippen LogP contribution in [-0.2, 0) is 0 Å². The van der Waals surface area contributed by atoms with Crippen LogP contribution in [0.2, 0.25) is 0 Å². The van der Waals surface area contributed by atoms with Crippen LogP contribution in [0.25, 0.3) is 0 Å². The molecule has 1 unspecified atom stereocenters. The van der Waals surface area contributed by atoms with Crippen LogP contribution in [0, 0.1) is 0 Å². The van der Waals surface area contributed by atoms with E-state index in [1.54, 1.807) is 0 Å². The van der Waals surface area contributed by atoms with Gasteiger partial charge in [0.2, 0.25) is 0 Å². The molecule has 0 radical (unpaired) electrons. The summed E-state index contributed by atoms with van der Waals surface area (Å²) in [6.45, 7) is 2.30. The summed E-state index contributed by atoms with van der Waals surface area (Å²) in [7, 11) is 0. The summed E-state index contributed by atoms with van der Waals surface area (Å²) in [5.74, 6) is 2.47. The maximum absolute atomic E-state index is 8.64. The molecule has 0 spiro atoms.